The van der Waals surface area contributed by atoms with Crippen LogP contribution in [-0.4, -0.2) is 37.2 Å². The molecule has 0 heterocycles. The summed E-state index contributed by atoms with van der Waals surface area (Å²) in [5.41, 5.74) is 0. The fraction of sp³-hybridized carbons (Fsp3) is 0.582. The second-order valence-electron chi connectivity index (χ2n) is 15.4. The van der Waals surface area contributed by atoms with Crippen LogP contribution in [0.25, 0.3) is 0 Å². The SMILES string of the molecule is CC\C=C/C=C\C=C/C=C\CCCCCC(=O)OC(COC(=O)CCCCC/C=C\C=C/CCCC)COC(=O)CCCCCCCC/C=C\C/C=C\C/C=C\C/C=C\CC. The minimum absolute atomic E-state index is 0.114. The molecule has 1 atom stereocenters. The average molecular weight is 843 g/mol. The predicted molar refractivity (Wildman–Crippen MR) is 260 cm³/mol. The molecule has 0 aliphatic heterocycles. The molecule has 6 nitrogen and oxygen atoms in total. The number of hydrogen-bond acceptors (Lipinski definition) is 6. The van der Waals surface area contributed by atoms with E-state index in [1.54, 1.807) is 0 Å². The standard InChI is InChI=1S/C55H86O6/c1-4-7-10-13-16-19-22-24-25-26-27-28-29-31-33-36-39-42-45-48-54(57)60-51-52(50-59-53(56)47-44-41-38-35-32-21-18-15-12-9-6-3)61-55(58)49-46-43-40-37-34-30-23-20-17-14-11-8-5-2/h7-8,10-11,14-21,23-25,27-28,30,32,34,52H,4-6,9,12-13,22,26,29,31,33,35-51H2,1-3H3/b10-7-,11-8-,17-14-,18-15-,19-16-,23-20-,25-24-,28-27-,32-21-,34-30-. The van der Waals surface area contributed by atoms with Crippen LogP contribution in [0.4, 0.5) is 0 Å². The monoisotopic (exact) mass is 843 g/mol. The van der Waals surface area contributed by atoms with Crippen LogP contribution in [0.5, 0.6) is 0 Å². The highest BCUT2D eigenvalue weighted by Crippen LogP contribution is 2.12. The van der Waals surface area contributed by atoms with Gasteiger partial charge in [-0.05, 0) is 96.3 Å². The van der Waals surface area contributed by atoms with Crippen LogP contribution in [-0.2, 0) is 28.6 Å². The normalized spacial score (nSPS) is 13.2. The van der Waals surface area contributed by atoms with Gasteiger partial charge in [0, 0.05) is 19.3 Å². The van der Waals surface area contributed by atoms with E-state index in [1.807, 2.05) is 36.5 Å². The van der Waals surface area contributed by atoms with Crippen molar-refractivity contribution in [2.24, 2.45) is 0 Å². The Hall–Kier alpha value is -4.19. The second-order valence-corrected chi connectivity index (χ2v) is 15.4. The van der Waals surface area contributed by atoms with Crippen LogP contribution in [0, 0.1) is 0 Å². The van der Waals surface area contributed by atoms with Gasteiger partial charge in [0.2, 0.25) is 0 Å². The van der Waals surface area contributed by atoms with Crippen molar-refractivity contribution in [2.45, 2.75) is 194 Å². The molecule has 0 bridgehead atoms. The van der Waals surface area contributed by atoms with Crippen LogP contribution in [0.2, 0.25) is 0 Å². The Balaban J connectivity index is 4.48. The molecule has 0 saturated heterocycles. The zero-order valence-electron chi connectivity index (χ0n) is 38.9. The molecule has 0 aliphatic rings. The molecule has 0 amide bonds. The number of hydrogen-bond donors (Lipinski definition) is 0. The molecule has 0 spiro atoms. The highest BCUT2D eigenvalue weighted by atomic mass is 16.6. The van der Waals surface area contributed by atoms with E-state index in [1.165, 1.54) is 25.7 Å². The third-order valence-corrected chi connectivity index (χ3v) is 9.55. The van der Waals surface area contributed by atoms with Crippen LogP contribution < -0.4 is 0 Å². The number of rotatable bonds is 41. The first-order valence-corrected chi connectivity index (χ1v) is 24.1. The molecule has 0 rings (SSSR count). The number of ether oxygens (including phenoxy) is 3. The fourth-order valence-corrected chi connectivity index (χ4v) is 5.95. The summed E-state index contributed by atoms with van der Waals surface area (Å²) in [6.07, 6.45) is 66.1. The summed E-state index contributed by atoms with van der Waals surface area (Å²) in [7, 11) is 0. The van der Waals surface area contributed by atoms with Gasteiger partial charge in [-0.15, -0.1) is 0 Å². The third kappa shape index (κ3) is 46.7. The van der Waals surface area contributed by atoms with Crippen LogP contribution in [0.3, 0.4) is 0 Å². The molecule has 0 saturated carbocycles. The maximum atomic E-state index is 12.7. The Morgan fingerprint density at radius 2 is 0.721 bits per heavy atom. The minimum Gasteiger partial charge on any atom is -0.462 e. The van der Waals surface area contributed by atoms with E-state index in [9.17, 15) is 14.4 Å². The summed E-state index contributed by atoms with van der Waals surface area (Å²) in [5, 5.41) is 0. The zero-order valence-corrected chi connectivity index (χ0v) is 38.9. The highest BCUT2D eigenvalue weighted by molar-refractivity contribution is 5.71. The molecule has 0 aliphatic carbocycles. The summed E-state index contributed by atoms with van der Waals surface area (Å²) >= 11 is 0. The van der Waals surface area contributed by atoms with Crippen molar-refractivity contribution < 1.29 is 28.6 Å². The molecule has 6 heteroatoms. The van der Waals surface area contributed by atoms with Gasteiger partial charge in [-0.3, -0.25) is 14.4 Å². The fourth-order valence-electron chi connectivity index (χ4n) is 5.95. The molecule has 0 radical (unpaired) electrons. The van der Waals surface area contributed by atoms with E-state index < -0.39 is 6.10 Å². The molecule has 61 heavy (non-hydrogen) atoms. The van der Waals surface area contributed by atoms with Gasteiger partial charge in [-0.25, -0.2) is 0 Å². The quantitative estimate of drug-likeness (QED) is 0.0201. The Bertz CT molecular complexity index is 1340. The van der Waals surface area contributed by atoms with E-state index in [-0.39, 0.29) is 37.5 Å². The smallest absolute Gasteiger partial charge is 0.306 e. The van der Waals surface area contributed by atoms with Crippen molar-refractivity contribution in [1.82, 2.24) is 0 Å². The van der Waals surface area contributed by atoms with Gasteiger partial charge in [-0.2, -0.15) is 0 Å². The summed E-state index contributed by atoms with van der Waals surface area (Å²) in [6, 6.07) is 0. The van der Waals surface area contributed by atoms with Crippen molar-refractivity contribution in [3.8, 4) is 0 Å². The minimum atomic E-state index is -0.817. The Morgan fingerprint density at radius 3 is 1.23 bits per heavy atom. The summed E-state index contributed by atoms with van der Waals surface area (Å²) in [6.45, 7) is 6.23. The zero-order chi connectivity index (χ0) is 44.4. The predicted octanol–water partition coefficient (Wildman–Crippen LogP) is 15.7. The van der Waals surface area contributed by atoms with Crippen molar-refractivity contribution in [3.63, 3.8) is 0 Å². The molecule has 0 fully saturated rings. The first-order chi connectivity index (χ1) is 30.0. The van der Waals surface area contributed by atoms with Crippen molar-refractivity contribution in [1.29, 1.82) is 0 Å². The molecule has 0 aromatic rings. The first-order valence-electron chi connectivity index (χ1n) is 24.1. The Kier molecular flexibility index (Phi) is 45.1. The molecule has 0 aromatic heterocycles. The third-order valence-electron chi connectivity index (χ3n) is 9.55. The van der Waals surface area contributed by atoms with Gasteiger partial charge < -0.3 is 14.2 Å². The van der Waals surface area contributed by atoms with Crippen LogP contribution in [0.1, 0.15) is 188 Å². The van der Waals surface area contributed by atoms with Crippen LogP contribution >= 0.6 is 0 Å². The number of esters is 3. The average Bonchev–Trinajstić information content (AvgIpc) is 3.26. The summed E-state index contributed by atoms with van der Waals surface area (Å²) in [5.74, 6) is -1.01. The van der Waals surface area contributed by atoms with Crippen molar-refractivity contribution >= 4 is 17.9 Å². The summed E-state index contributed by atoms with van der Waals surface area (Å²) < 4.78 is 16.7. The lowest BCUT2D eigenvalue weighted by Crippen LogP contribution is -2.30. The van der Waals surface area contributed by atoms with Gasteiger partial charge in [0.1, 0.15) is 13.2 Å². The number of allylic oxidation sites excluding steroid dienone is 20. The van der Waals surface area contributed by atoms with E-state index in [0.717, 1.165) is 116 Å². The number of carbonyl (C=O) groups is 3. The molecule has 342 valence electrons. The summed E-state index contributed by atoms with van der Waals surface area (Å²) in [4.78, 5) is 37.8. The molecule has 0 aromatic carbocycles. The lowest BCUT2D eigenvalue weighted by molar-refractivity contribution is -0.167. The molecular formula is C55H86O6. The van der Waals surface area contributed by atoms with Crippen molar-refractivity contribution in [3.05, 3.63) is 122 Å². The molecular weight excluding hydrogens is 757 g/mol. The van der Waals surface area contributed by atoms with Gasteiger partial charge in [0.25, 0.3) is 0 Å². The number of carbonyl (C=O) groups excluding carboxylic acids is 3. The topological polar surface area (TPSA) is 78.9 Å². The maximum absolute atomic E-state index is 12.7. The lowest BCUT2D eigenvalue weighted by Gasteiger charge is -2.18. The van der Waals surface area contributed by atoms with Gasteiger partial charge in [0.05, 0.1) is 0 Å². The van der Waals surface area contributed by atoms with Gasteiger partial charge in [-0.1, -0.05) is 194 Å². The van der Waals surface area contributed by atoms with Crippen molar-refractivity contribution in [2.75, 3.05) is 13.2 Å². The number of unbranched alkanes of at least 4 members (excludes halogenated alkanes) is 14. The van der Waals surface area contributed by atoms with E-state index in [2.05, 4.69) is 106 Å². The van der Waals surface area contributed by atoms with Gasteiger partial charge in [0.15, 0.2) is 6.10 Å². The van der Waals surface area contributed by atoms with E-state index in [0.29, 0.717) is 19.3 Å². The largest absolute Gasteiger partial charge is 0.462 e. The first kappa shape index (κ1) is 56.8. The lowest BCUT2D eigenvalue weighted by atomic mass is 10.1. The maximum Gasteiger partial charge on any atom is 0.306 e. The second kappa shape index (κ2) is 48.5. The van der Waals surface area contributed by atoms with Gasteiger partial charge >= 0.3 is 17.9 Å². The molecule has 0 N–H and O–H groups in total. The Morgan fingerprint density at radius 1 is 0.361 bits per heavy atom. The van der Waals surface area contributed by atoms with Crippen LogP contribution in [0.15, 0.2) is 122 Å². The highest BCUT2D eigenvalue weighted by Gasteiger charge is 2.19. The van der Waals surface area contributed by atoms with E-state index >= 15 is 0 Å². The van der Waals surface area contributed by atoms with E-state index in [4.69, 9.17) is 14.2 Å². The Labute approximate surface area is 373 Å². The molecule has 1 unspecified atom stereocenters.